The average Bonchev–Trinajstić information content (AvgIpc) is 3.11. The highest BCUT2D eigenvalue weighted by Gasteiger charge is 2.24. The fourth-order valence-corrected chi connectivity index (χ4v) is 3.00. The van der Waals surface area contributed by atoms with Crippen molar-refractivity contribution in [1.29, 1.82) is 0 Å². The van der Waals surface area contributed by atoms with Crippen molar-refractivity contribution in [2.75, 3.05) is 39.4 Å². The largest absolute Gasteiger partial charge is 0.490 e. The smallest absolute Gasteiger partial charge is 0.289 e. The number of ether oxygens (including phenoxy) is 2. The minimum absolute atomic E-state index is 0.0593. The van der Waals surface area contributed by atoms with Crippen LogP contribution in [0.2, 0.25) is 0 Å². The van der Waals surface area contributed by atoms with Gasteiger partial charge >= 0.3 is 0 Å². The number of hydrogen-bond donors (Lipinski definition) is 0. The molecule has 0 spiro atoms. The lowest BCUT2D eigenvalue weighted by Gasteiger charge is -2.22. The molecule has 0 unspecified atom stereocenters. The van der Waals surface area contributed by atoms with Gasteiger partial charge in [-0.2, -0.15) is 0 Å². The normalized spacial score (nSPS) is 14.6. The van der Waals surface area contributed by atoms with Crippen molar-refractivity contribution in [3.05, 3.63) is 48.4 Å². The summed E-state index contributed by atoms with van der Waals surface area (Å²) in [5, 5.41) is 0. The highest BCUT2D eigenvalue weighted by molar-refractivity contribution is 5.91. The van der Waals surface area contributed by atoms with Gasteiger partial charge < -0.3 is 23.7 Å². The molecule has 1 saturated heterocycles. The molecule has 0 N–H and O–H groups in total. The first-order valence-electron chi connectivity index (χ1n) is 9.14. The van der Waals surface area contributed by atoms with Gasteiger partial charge in [-0.25, -0.2) is 0 Å². The van der Waals surface area contributed by atoms with E-state index in [1.54, 1.807) is 28.0 Å². The Kier molecular flexibility index (Phi) is 6.35. The zero-order valence-electron chi connectivity index (χ0n) is 15.4. The van der Waals surface area contributed by atoms with Crippen LogP contribution in [0.4, 0.5) is 0 Å². The van der Waals surface area contributed by atoms with Crippen LogP contribution < -0.4 is 9.47 Å². The zero-order chi connectivity index (χ0) is 19.1. The summed E-state index contributed by atoms with van der Waals surface area (Å²) < 4.78 is 16.4. The molecule has 27 heavy (non-hydrogen) atoms. The molecule has 0 aliphatic carbocycles. The van der Waals surface area contributed by atoms with Gasteiger partial charge in [0.25, 0.3) is 11.8 Å². The maximum absolute atomic E-state index is 12.5. The van der Waals surface area contributed by atoms with Crippen LogP contribution >= 0.6 is 0 Å². The summed E-state index contributed by atoms with van der Waals surface area (Å²) in [6.45, 7) is 4.50. The van der Waals surface area contributed by atoms with Crippen LogP contribution in [0.3, 0.4) is 0 Å². The maximum atomic E-state index is 12.5. The second-order valence-corrected chi connectivity index (χ2v) is 6.17. The molecule has 1 aliphatic rings. The van der Waals surface area contributed by atoms with E-state index >= 15 is 0 Å². The predicted octanol–water partition coefficient (Wildman–Crippen LogP) is 2.43. The van der Waals surface area contributed by atoms with Gasteiger partial charge in [-0.1, -0.05) is 12.1 Å². The van der Waals surface area contributed by atoms with Crippen LogP contribution in [-0.2, 0) is 4.79 Å². The van der Waals surface area contributed by atoms with Crippen molar-refractivity contribution in [2.24, 2.45) is 0 Å². The lowest BCUT2D eigenvalue weighted by atomic mass is 10.3. The third-order valence-corrected chi connectivity index (χ3v) is 4.37. The molecule has 0 atom stereocenters. The van der Waals surface area contributed by atoms with Crippen LogP contribution in [0, 0.1) is 0 Å². The molecule has 2 amide bonds. The topological polar surface area (TPSA) is 72.2 Å². The number of amides is 2. The van der Waals surface area contributed by atoms with E-state index in [9.17, 15) is 9.59 Å². The van der Waals surface area contributed by atoms with Crippen LogP contribution in [-0.4, -0.2) is 61.0 Å². The maximum Gasteiger partial charge on any atom is 0.289 e. The Bertz CT molecular complexity index is 759. The van der Waals surface area contributed by atoms with Gasteiger partial charge in [0.2, 0.25) is 0 Å². The number of furan rings is 1. The third kappa shape index (κ3) is 4.81. The second kappa shape index (κ2) is 9.12. The molecule has 1 aliphatic heterocycles. The number of carbonyl (C=O) groups is 2. The Morgan fingerprint density at radius 3 is 2.37 bits per heavy atom. The van der Waals surface area contributed by atoms with Gasteiger partial charge in [0.05, 0.1) is 12.9 Å². The molecule has 2 heterocycles. The van der Waals surface area contributed by atoms with Crippen LogP contribution in [0.25, 0.3) is 0 Å². The molecule has 7 nitrogen and oxygen atoms in total. The summed E-state index contributed by atoms with van der Waals surface area (Å²) in [6.07, 6.45) is 2.20. The first-order chi connectivity index (χ1) is 13.2. The van der Waals surface area contributed by atoms with Crippen LogP contribution in [0.1, 0.15) is 23.9 Å². The van der Waals surface area contributed by atoms with Crippen molar-refractivity contribution in [3.63, 3.8) is 0 Å². The van der Waals surface area contributed by atoms with Crippen LogP contribution in [0.5, 0.6) is 11.5 Å². The number of hydrogen-bond acceptors (Lipinski definition) is 5. The van der Waals surface area contributed by atoms with E-state index in [-0.39, 0.29) is 18.4 Å². The summed E-state index contributed by atoms with van der Waals surface area (Å²) in [4.78, 5) is 28.4. The first kappa shape index (κ1) is 18.8. The summed E-state index contributed by atoms with van der Waals surface area (Å²) in [5.74, 6) is 1.26. The van der Waals surface area contributed by atoms with E-state index in [4.69, 9.17) is 13.9 Å². The number of carbonyl (C=O) groups excluding carboxylic acids is 2. The molecule has 2 aromatic rings. The van der Waals surface area contributed by atoms with Gasteiger partial charge in [-0.05, 0) is 37.6 Å². The molecule has 1 aromatic carbocycles. The fraction of sp³-hybridized carbons (Fsp3) is 0.400. The minimum atomic E-state index is -0.142. The summed E-state index contributed by atoms with van der Waals surface area (Å²) in [6, 6.07) is 10.6. The van der Waals surface area contributed by atoms with Gasteiger partial charge in [0, 0.05) is 26.2 Å². The van der Waals surface area contributed by atoms with E-state index in [1.165, 1.54) is 6.26 Å². The lowest BCUT2D eigenvalue weighted by molar-refractivity contribution is -0.133. The van der Waals surface area contributed by atoms with Gasteiger partial charge in [-0.3, -0.25) is 9.59 Å². The molecular formula is C20H24N2O5. The van der Waals surface area contributed by atoms with Crippen molar-refractivity contribution in [2.45, 2.75) is 13.3 Å². The summed E-state index contributed by atoms with van der Waals surface area (Å²) in [7, 11) is 0. The summed E-state index contributed by atoms with van der Waals surface area (Å²) >= 11 is 0. The van der Waals surface area contributed by atoms with Crippen molar-refractivity contribution >= 4 is 11.8 Å². The van der Waals surface area contributed by atoms with Crippen molar-refractivity contribution in [1.82, 2.24) is 9.80 Å². The van der Waals surface area contributed by atoms with Crippen molar-refractivity contribution in [3.8, 4) is 11.5 Å². The van der Waals surface area contributed by atoms with E-state index < -0.39 is 0 Å². The second-order valence-electron chi connectivity index (χ2n) is 6.17. The highest BCUT2D eigenvalue weighted by atomic mass is 16.5. The Labute approximate surface area is 158 Å². The van der Waals surface area contributed by atoms with E-state index in [0.717, 1.165) is 0 Å². The highest BCUT2D eigenvalue weighted by Crippen LogP contribution is 2.26. The molecular weight excluding hydrogens is 348 g/mol. The molecule has 1 aromatic heterocycles. The van der Waals surface area contributed by atoms with E-state index in [2.05, 4.69) is 0 Å². The number of para-hydroxylation sites is 2. The van der Waals surface area contributed by atoms with E-state index in [0.29, 0.717) is 56.5 Å². The molecule has 0 saturated carbocycles. The van der Waals surface area contributed by atoms with Crippen molar-refractivity contribution < 1.29 is 23.5 Å². The Morgan fingerprint density at radius 2 is 1.67 bits per heavy atom. The molecule has 0 radical (unpaired) electrons. The standard InChI is InChI=1S/C20H24N2O5/c1-2-25-16-7-3-4-8-17(16)27-15-19(23)21-10-6-11-22(13-12-21)20(24)18-9-5-14-26-18/h3-5,7-9,14H,2,6,10-13,15H2,1H3. The van der Waals surface area contributed by atoms with Gasteiger partial charge in [0.1, 0.15) is 0 Å². The number of rotatable bonds is 6. The zero-order valence-corrected chi connectivity index (χ0v) is 15.4. The SMILES string of the molecule is CCOc1ccccc1OCC(=O)N1CCCN(C(=O)c2ccco2)CC1. The summed E-state index contributed by atoms with van der Waals surface area (Å²) in [5.41, 5.74) is 0. The number of benzene rings is 1. The van der Waals surface area contributed by atoms with Gasteiger partial charge in [-0.15, -0.1) is 0 Å². The predicted molar refractivity (Wildman–Crippen MR) is 98.9 cm³/mol. The molecule has 144 valence electrons. The monoisotopic (exact) mass is 372 g/mol. The number of nitrogens with zero attached hydrogens (tertiary/aromatic N) is 2. The van der Waals surface area contributed by atoms with Gasteiger partial charge in [0.15, 0.2) is 23.9 Å². The third-order valence-electron chi connectivity index (χ3n) is 4.37. The molecule has 0 bridgehead atoms. The Hall–Kier alpha value is -2.96. The molecule has 3 rings (SSSR count). The first-order valence-corrected chi connectivity index (χ1v) is 9.14. The minimum Gasteiger partial charge on any atom is -0.490 e. The quantitative estimate of drug-likeness (QED) is 0.779. The fourth-order valence-electron chi connectivity index (χ4n) is 3.00. The molecule has 1 fully saturated rings. The molecule has 7 heteroatoms. The van der Waals surface area contributed by atoms with E-state index in [1.807, 2.05) is 25.1 Å². The lowest BCUT2D eigenvalue weighted by Crippen LogP contribution is -2.39. The Balaban J connectivity index is 1.53. The van der Waals surface area contributed by atoms with Crippen LogP contribution in [0.15, 0.2) is 47.1 Å². The average molecular weight is 372 g/mol. The Morgan fingerprint density at radius 1 is 0.963 bits per heavy atom.